The van der Waals surface area contributed by atoms with Crippen LogP contribution in [0.25, 0.3) is 0 Å². The van der Waals surface area contributed by atoms with E-state index in [9.17, 15) is 43.0 Å². The van der Waals surface area contributed by atoms with E-state index in [0.717, 1.165) is 12.1 Å². The second-order valence-corrected chi connectivity index (χ2v) is 5.63. The summed E-state index contributed by atoms with van der Waals surface area (Å²) in [6.07, 6.45) is 0. The molecule has 0 aromatic heterocycles. The van der Waals surface area contributed by atoms with Crippen LogP contribution in [-0.2, 0) is 9.47 Å². The third kappa shape index (κ3) is 6.38. The topological polar surface area (TPSA) is 165 Å². The highest BCUT2D eigenvalue weighted by molar-refractivity contribution is 5.91. The first-order valence-corrected chi connectivity index (χ1v) is 8.65. The Morgan fingerprint density at radius 2 is 1.22 bits per heavy atom. The van der Waals surface area contributed by atoms with Crippen molar-refractivity contribution < 1.29 is 42.1 Å². The molecule has 0 bridgehead atoms. The number of carbonyl (C=O) groups is 2. The first-order valence-electron chi connectivity index (χ1n) is 8.65. The molecule has 0 saturated carbocycles. The van der Waals surface area contributed by atoms with E-state index in [1.54, 1.807) is 6.92 Å². The smallest absolute Gasteiger partial charge is 0.341 e. The van der Waals surface area contributed by atoms with Gasteiger partial charge in [-0.3, -0.25) is 20.2 Å². The number of rotatable bonds is 6. The van der Waals surface area contributed by atoms with Crippen LogP contribution >= 0.6 is 0 Å². The number of ether oxygens (including phenoxy) is 2. The van der Waals surface area contributed by atoms with Crippen LogP contribution in [-0.4, -0.2) is 35.0 Å². The van der Waals surface area contributed by atoms with E-state index < -0.39 is 61.7 Å². The molecule has 2 aromatic rings. The summed E-state index contributed by atoms with van der Waals surface area (Å²) in [5, 5.41) is 20.9. The van der Waals surface area contributed by atoms with Crippen molar-refractivity contribution >= 4 is 29.0 Å². The van der Waals surface area contributed by atoms with Gasteiger partial charge < -0.3 is 15.2 Å². The summed E-state index contributed by atoms with van der Waals surface area (Å²) in [7, 11) is 0. The zero-order valence-corrected chi connectivity index (χ0v) is 16.6. The molecule has 11 nitrogen and oxygen atoms in total. The molecule has 32 heavy (non-hydrogen) atoms. The molecule has 172 valence electrons. The number of esters is 2. The number of carbonyl (C=O) groups excluding carboxylic acids is 2. The molecule has 0 aliphatic rings. The van der Waals surface area contributed by atoms with Gasteiger partial charge in [0.05, 0.1) is 23.1 Å². The Labute approximate surface area is 177 Å². The average Bonchev–Trinajstić information content (AvgIpc) is 2.68. The summed E-state index contributed by atoms with van der Waals surface area (Å²) in [5.74, 6) is -5.50. The van der Waals surface area contributed by atoms with Crippen LogP contribution < -0.4 is 5.73 Å². The zero-order chi connectivity index (χ0) is 24.6. The molecular formula is C18H16F3N3O8. The molecule has 0 fully saturated rings. The number of nitro groups is 2. The van der Waals surface area contributed by atoms with E-state index >= 15 is 0 Å². The minimum atomic E-state index is -1.34. The highest BCUT2D eigenvalue weighted by Gasteiger charge is 2.23. The quantitative estimate of drug-likeness (QED) is 0.294. The normalized spacial score (nSPS) is 9.91. The van der Waals surface area contributed by atoms with Crippen molar-refractivity contribution in [3.05, 3.63) is 73.1 Å². The lowest BCUT2D eigenvalue weighted by molar-refractivity contribution is -0.387. The molecule has 2 N–H and O–H groups in total. The van der Waals surface area contributed by atoms with Crippen LogP contribution in [0.2, 0.25) is 0 Å². The molecule has 0 aliphatic heterocycles. The van der Waals surface area contributed by atoms with Gasteiger partial charge in [-0.2, -0.15) is 4.39 Å². The van der Waals surface area contributed by atoms with Crippen molar-refractivity contribution in [2.75, 3.05) is 18.9 Å². The number of nitro benzene ring substituents is 2. The predicted molar refractivity (Wildman–Crippen MR) is 102 cm³/mol. The fraction of sp³-hybridized carbons (Fsp3) is 0.222. The van der Waals surface area contributed by atoms with Gasteiger partial charge in [-0.15, -0.1) is 0 Å². The van der Waals surface area contributed by atoms with Crippen LogP contribution in [0.15, 0.2) is 24.3 Å². The Morgan fingerprint density at radius 3 is 1.62 bits per heavy atom. The lowest BCUT2D eigenvalue weighted by Gasteiger charge is -2.04. The number of nitrogens with zero attached hydrogens (tertiary/aromatic N) is 2. The number of anilines is 1. The van der Waals surface area contributed by atoms with Gasteiger partial charge in [0.1, 0.15) is 28.4 Å². The Hall–Kier alpha value is -4.23. The average molecular weight is 459 g/mol. The molecule has 0 radical (unpaired) electrons. The van der Waals surface area contributed by atoms with Gasteiger partial charge in [-0.05, 0) is 13.8 Å². The lowest BCUT2D eigenvalue weighted by atomic mass is 10.1. The summed E-state index contributed by atoms with van der Waals surface area (Å²) in [4.78, 5) is 41.4. The molecule has 0 spiro atoms. The monoisotopic (exact) mass is 459 g/mol. The number of hydrogen-bond donors (Lipinski definition) is 1. The van der Waals surface area contributed by atoms with Crippen LogP contribution in [0.1, 0.15) is 34.6 Å². The van der Waals surface area contributed by atoms with Crippen LogP contribution in [0.3, 0.4) is 0 Å². The standard InChI is InChI=1S/C9H7F2NO4.C9H9FN2O4/c2*1-2-16-9(13)5-3-8(12(14)15)7(11)4-6(5)10/h3-4H,2H2,1H3;3-4H,2,11H2,1H3. The van der Waals surface area contributed by atoms with Crippen molar-refractivity contribution in [2.24, 2.45) is 0 Å². The molecule has 2 rings (SSSR count). The minimum absolute atomic E-state index is 0.0105. The largest absolute Gasteiger partial charge is 0.462 e. The highest BCUT2D eigenvalue weighted by atomic mass is 19.1. The van der Waals surface area contributed by atoms with Crippen molar-refractivity contribution in [3.63, 3.8) is 0 Å². The highest BCUT2D eigenvalue weighted by Crippen LogP contribution is 2.25. The molecule has 0 unspecified atom stereocenters. The number of hydrogen-bond acceptors (Lipinski definition) is 9. The van der Waals surface area contributed by atoms with E-state index in [-0.39, 0.29) is 25.0 Å². The van der Waals surface area contributed by atoms with Crippen molar-refractivity contribution in [2.45, 2.75) is 13.8 Å². The Morgan fingerprint density at radius 1 is 0.812 bits per heavy atom. The van der Waals surface area contributed by atoms with Gasteiger partial charge in [0.25, 0.3) is 5.69 Å². The number of nitrogen functional groups attached to an aromatic ring is 1. The first-order chi connectivity index (χ1) is 14.9. The van der Waals surface area contributed by atoms with E-state index in [4.69, 9.17) is 5.73 Å². The number of nitrogens with two attached hydrogens (primary N) is 1. The Bertz CT molecular complexity index is 979. The van der Waals surface area contributed by atoms with Crippen molar-refractivity contribution in [1.82, 2.24) is 0 Å². The summed E-state index contributed by atoms with van der Waals surface area (Å²) in [6.45, 7) is 3.08. The van der Waals surface area contributed by atoms with Gasteiger partial charge >= 0.3 is 17.6 Å². The second kappa shape index (κ2) is 11.2. The first kappa shape index (κ1) is 25.8. The van der Waals surface area contributed by atoms with Gasteiger partial charge in [0, 0.05) is 24.3 Å². The van der Waals surface area contributed by atoms with E-state index in [2.05, 4.69) is 9.47 Å². The third-order valence-electron chi connectivity index (χ3n) is 3.54. The van der Waals surface area contributed by atoms with Crippen molar-refractivity contribution in [1.29, 1.82) is 0 Å². The zero-order valence-electron chi connectivity index (χ0n) is 16.6. The lowest BCUT2D eigenvalue weighted by Crippen LogP contribution is -2.09. The van der Waals surface area contributed by atoms with Gasteiger partial charge in [-0.25, -0.2) is 18.4 Å². The number of benzene rings is 2. The molecule has 14 heteroatoms. The van der Waals surface area contributed by atoms with E-state index in [0.29, 0.717) is 6.07 Å². The molecule has 0 aliphatic carbocycles. The Kier molecular flexibility index (Phi) is 9.06. The van der Waals surface area contributed by atoms with Crippen molar-refractivity contribution in [3.8, 4) is 0 Å². The molecule has 0 saturated heterocycles. The molecule has 0 amide bonds. The van der Waals surface area contributed by atoms with E-state index in [1.165, 1.54) is 6.92 Å². The summed E-state index contributed by atoms with van der Waals surface area (Å²) in [5.41, 5.74) is 2.25. The van der Waals surface area contributed by atoms with Crippen LogP contribution in [0, 0.1) is 37.7 Å². The maximum absolute atomic E-state index is 13.3. The molecule has 0 atom stereocenters. The maximum atomic E-state index is 13.3. The predicted octanol–water partition coefficient (Wildman–Crippen LogP) is 3.54. The third-order valence-corrected chi connectivity index (χ3v) is 3.54. The van der Waals surface area contributed by atoms with Gasteiger partial charge in [-0.1, -0.05) is 0 Å². The van der Waals surface area contributed by atoms with Gasteiger partial charge in [0.15, 0.2) is 0 Å². The van der Waals surface area contributed by atoms with Gasteiger partial charge in [0.2, 0.25) is 5.82 Å². The molecule has 2 aromatic carbocycles. The van der Waals surface area contributed by atoms with Crippen LogP contribution in [0.4, 0.5) is 30.2 Å². The second-order valence-electron chi connectivity index (χ2n) is 5.63. The summed E-state index contributed by atoms with van der Waals surface area (Å²) >= 11 is 0. The maximum Gasteiger partial charge on any atom is 0.341 e. The summed E-state index contributed by atoms with van der Waals surface area (Å²) < 4.78 is 48.3. The number of halogens is 3. The SMILES string of the molecule is CCOC(=O)c1cc([N+](=O)[O-])c(F)cc1F.CCOC(=O)c1cc([N+](=O)[O-])c(N)cc1F. The minimum Gasteiger partial charge on any atom is -0.462 e. The molecule has 0 heterocycles. The fourth-order valence-electron chi connectivity index (χ4n) is 2.14. The Balaban J connectivity index is 0.000000320. The fourth-order valence-corrected chi connectivity index (χ4v) is 2.14. The van der Waals surface area contributed by atoms with E-state index in [1.807, 2.05) is 0 Å². The molecular weight excluding hydrogens is 443 g/mol. The summed E-state index contributed by atoms with van der Waals surface area (Å²) in [6, 6.07) is 2.29. The van der Waals surface area contributed by atoms with Crippen LogP contribution in [0.5, 0.6) is 0 Å².